The standard InChI is InChI=1S/C10H20N2O4/c1-6(2)8(9(14)15)11-10(16)12(4)5-7(3)13/h6-8,13H,5H2,1-4H3,(H,11,16)(H,14,15)/t7?,8-/m0/s1. The van der Waals surface area contributed by atoms with E-state index in [2.05, 4.69) is 5.32 Å². The topological polar surface area (TPSA) is 89.9 Å². The van der Waals surface area contributed by atoms with Crippen molar-refractivity contribution in [1.29, 1.82) is 0 Å². The minimum Gasteiger partial charge on any atom is -0.480 e. The van der Waals surface area contributed by atoms with Gasteiger partial charge < -0.3 is 20.4 Å². The number of hydrogen-bond donors (Lipinski definition) is 3. The second-order valence-corrected chi connectivity index (χ2v) is 4.24. The molecule has 0 radical (unpaired) electrons. The van der Waals surface area contributed by atoms with Gasteiger partial charge in [0.15, 0.2) is 0 Å². The van der Waals surface area contributed by atoms with E-state index in [1.54, 1.807) is 20.8 Å². The van der Waals surface area contributed by atoms with Gasteiger partial charge in [0.1, 0.15) is 6.04 Å². The number of aliphatic carboxylic acids is 1. The highest BCUT2D eigenvalue weighted by atomic mass is 16.4. The van der Waals surface area contributed by atoms with Crippen LogP contribution in [0.3, 0.4) is 0 Å². The molecule has 0 aliphatic rings. The number of hydrogen-bond acceptors (Lipinski definition) is 3. The first kappa shape index (κ1) is 14.7. The molecule has 0 aromatic heterocycles. The number of nitrogens with one attached hydrogen (secondary N) is 1. The SMILES string of the molecule is CC(O)CN(C)C(=O)N[C@H](C(=O)O)C(C)C. The van der Waals surface area contributed by atoms with Crippen LogP contribution in [0, 0.1) is 5.92 Å². The van der Waals surface area contributed by atoms with E-state index >= 15 is 0 Å². The molecule has 6 nitrogen and oxygen atoms in total. The lowest BCUT2D eigenvalue weighted by Crippen LogP contribution is -2.50. The number of urea groups is 1. The Morgan fingerprint density at radius 2 is 1.81 bits per heavy atom. The molecule has 0 fully saturated rings. The summed E-state index contributed by atoms with van der Waals surface area (Å²) in [5.41, 5.74) is 0. The normalized spacial score (nSPS) is 14.4. The lowest BCUT2D eigenvalue weighted by atomic mass is 10.1. The van der Waals surface area contributed by atoms with Gasteiger partial charge in [-0.2, -0.15) is 0 Å². The summed E-state index contributed by atoms with van der Waals surface area (Å²) < 4.78 is 0. The van der Waals surface area contributed by atoms with Crippen molar-refractivity contribution in [2.45, 2.75) is 32.9 Å². The van der Waals surface area contributed by atoms with Crippen molar-refractivity contribution >= 4 is 12.0 Å². The molecular formula is C10H20N2O4. The molecule has 3 N–H and O–H groups in total. The molecule has 0 bridgehead atoms. The molecule has 0 saturated carbocycles. The zero-order valence-electron chi connectivity index (χ0n) is 10.1. The fourth-order valence-corrected chi connectivity index (χ4v) is 1.24. The Morgan fingerprint density at radius 3 is 2.12 bits per heavy atom. The summed E-state index contributed by atoms with van der Waals surface area (Å²) in [6, 6.07) is -1.41. The third-order valence-corrected chi connectivity index (χ3v) is 2.10. The Balaban J connectivity index is 4.35. The average molecular weight is 232 g/mol. The number of carbonyl (C=O) groups is 2. The number of aliphatic hydroxyl groups is 1. The molecule has 1 unspecified atom stereocenters. The Morgan fingerprint density at radius 1 is 1.31 bits per heavy atom. The summed E-state index contributed by atoms with van der Waals surface area (Å²) >= 11 is 0. The molecule has 0 aliphatic carbocycles. The first-order chi connectivity index (χ1) is 7.25. The predicted octanol–water partition coefficient (Wildman–Crippen LogP) is 0.118. The third kappa shape index (κ3) is 4.97. The van der Waals surface area contributed by atoms with Gasteiger partial charge in [0.25, 0.3) is 0 Å². The van der Waals surface area contributed by atoms with Crippen molar-refractivity contribution in [3.05, 3.63) is 0 Å². The van der Waals surface area contributed by atoms with Gasteiger partial charge in [-0.1, -0.05) is 13.8 Å². The fraction of sp³-hybridized carbons (Fsp3) is 0.800. The maximum atomic E-state index is 11.5. The Kier molecular flexibility index (Phi) is 5.81. The summed E-state index contributed by atoms with van der Waals surface area (Å²) in [5, 5.41) is 20.4. The lowest BCUT2D eigenvalue weighted by Gasteiger charge is -2.24. The summed E-state index contributed by atoms with van der Waals surface area (Å²) in [4.78, 5) is 23.6. The number of amides is 2. The van der Waals surface area contributed by atoms with Gasteiger partial charge in [-0.15, -0.1) is 0 Å². The van der Waals surface area contributed by atoms with Crippen molar-refractivity contribution in [2.24, 2.45) is 5.92 Å². The van der Waals surface area contributed by atoms with Gasteiger partial charge >= 0.3 is 12.0 Å². The monoisotopic (exact) mass is 232 g/mol. The summed E-state index contributed by atoms with van der Waals surface area (Å²) in [5.74, 6) is -1.25. The van der Waals surface area contributed by atoms with Crippen LogP contribution in [0.5, 0.6) is 0 Å². The molecule has 0 heterocycles. The van der Waals surface area contributed by atoms with Crippen molar-refractivity contribution in [2.75, 3.05) is 13.6 Å². The Bertz CT molecular complexity index is 253. The van der Waals surface area contributed by atoms with Crippen molar-refractivity contribution in [3.63, 3.8) is 0 Å². The molecule has 0 aliphatic heterocycles. The molecule has 0 rings (SSSR count). The Labute approximate surface area is 95.2 Å². The summed E-state index contributed by atoms with van der Waals surface area (Å²) in [7, 11) is 1.50. The summed E-state index contributed by atoms with van der Waals surface area (Å²) in [6.07, 6.45) is -0.641. The van der Waals surface area contributed by atoms with Crippen LogP contribution in [-0.2, 0) is 4.79 Å². The van der Waals surface area contributed by atoms with Crippen LogP contribution in [0.4, 0.5) is 4.79 Å². The zero-order valence-corrected chi connectivity index (χ0v) is 10.1. The molecule has 0 spiro atoms. The average Bonchev–Trinajstić information content (AvgIpc) is 2.11. The van der Waals surface area contributed by atoms with Gasteiger partial charge in [0.05, 0.1) is 6.10 Å². The number of nitrogens with zero attached hydrogens (tertiary/aromatic N) is 1. The highest BCUT2D eigenvalue weighted by molar-refractivity contribution is 5.82. The van der Waals surface area contributed by atoms with Gasteiger partial charge in [0, 0.05) is 13.6 Å². The minimum atomic E-state index is -1.06. The maximum Gasteiger partial charge on any atom is 0.326 e. The van der Waals surface area contributed by atoms with E-state index in [9.17, 15) is 9.59 Å². The van der Waals surface area contributed by atoms with Crippen LogP contribution in [0.25, 0.3) is 0 Å². The molecule has 0 aromatic rings. The quantitative estimate of drug-likeness (QED) is 0.628. The predicted molar refractivity (Wildman–Crippen MR) is 59.1 cm³/mol. The van der Waals surface area contributed by atoms with Crippen LogP contribution in [-0.4, -0.2) is 52.9 Å². The van der Waals surface area contributed by atoms with E-state index < -0.39 is 24.1 Å². The number of carbonyl (C=O) groups excluding carboxylic acids is 1. The van der Waals surface area contributed by atoms with Gasteiger partial charge in [-0.25, -0.2) is 9.59 Å². The summed E-state index contributed by atoms with van der Waals surface area (Å²) in [6.45, 7) is 5.15. The van der Waals surface area contributed by atoms with Crippen molar-refractivity contribution < 1.29 is 19.8 Å². The maximum absolute atomic E-state index is 11.5. The number of carboxylic acid groups (broad SMARTS) is 1. The molecule has 2 amide bonds. The molecule has 0 saturated heterocycles. The second-order valence-electron chi connectivity index (χ2n) is 4.24. The van der Waals surface area contributed by atoms with E-state index in [4.69, 9.17) is 10.2 Å². The lowest BCUT2D eigenvalue weighted by molar-refractivity contribution is -0.140. The number of rotatable bonds is 5. The first-order valence-corrected chi connectivity index (χ1v) is 5.18. The van der Waals surface area contributed by atoms with E-state index in [-0.39, 0.29) is 12.5 Å². The second kappa shape index (κ2) is 6.32. The Hall–Kier alpha value is -1.30. The van der Waals surface area contributed by atoms with Crippen LogP contribution >= 0.6 is 0 Å². The molecule has 0 aromatic carbocycles. The van der Waals surface area contributed by atoms with E-state index in [1.165, 1.54) is 11.9 Å². The smallest absolute Gasteiger partial charge is 0.326 e. The minimum absolute atomic E-state index is 0.163. The highest BCUT2D eigenvalue weighted by Gasteiger charge is 2.24. The van der Waals surface area contributed by atoms with E-state index in [0.717, 1.165) is 0 Å². The number of aliphatic hydroxyl groups excluding tert-OH is 1. The first-order valence-electron chi connectivity index (χ1n) is 5.18. The van der Waals surface area contributed by atoms with Crippen LogP contribution < -0.4 is 5.32 Å². The van der Waals surface area contributed by atoms with Gasteiger partial charge in [0.2, 0.25) is 0 Å². The van der Waals surface area contributed by atoms with Crippen molar-refractivity contribution in [1.82, 2.24) is 10.2 Å². The number of likely N-dealkylation sites (N-methyl/N-ethyl adjacent to an activating group) is 1. The molecule has 94 valence electrons. The highest BCUT2D eigenvalue weighted by Crippen LogP contribution is 2.02. The van der Waals surface area contributed by atoms with Gasteiger partial charge in [-0.05, 0) is 12.8 Å². The molecule has 2 atom stereocenters. The van der Waals surface area contributed by atoms with Gasteiger partial charge in [-0.3, -0.25) is 0 Å². The largest absolute Gasteiger partial charge is 0.480 e. The molecule has 6 heteroatoms. The van der Waals surface area contributed by atoms with Crippen LogP contribution in [0.1, 0.15) is 20.8 Å². The van der Waals surface area contributed by atoms with Crippen LogP contribution in [0.15, 0.2) is 0 Å². The van der Waals surface area contributed by atoms with Crippen LogP contribution in [0.2, 0.25) is 0 Å². The third-order valence-electron chi connectivity index (χ3n) is 2.10. The molecular weight excluding hydrogens is 212 g/mol. The number of carboxylic acids is 1. The van der Waals surface area contributed by atoms with E-state index in [1.807, 2.05) is 0 Å². The van der Waals surface area contributed by atoms with Crippen molar-refractivity contribution in [3.8, 4) is 0 Å². The zero-order chi connectivity index (χ0) is 12.9. The fourth-order valence-electron chi connectivity index (χ4n) is 1.24. The molecule has 16 heavy (non-hydrogen) atoms. The van der Waals surface area contributed by atoms with E-state index in [0.29, 0.717) is 0 Å².